The van der Waals surface area contributed by atoms with E-state index in [1.807, 2.05) is 0 Å². The number of aliphatic hydroxyl groups is 4. The smallest absolute Gasteiger partial charge is 0.330 e. The predicted octanol–water partition coefficient (Wildman–Crippen LogP) is -2.66. The quantitative estimate of drug-likeness (QED) is 0.177. The van der Waals surface area contributed by atoms with Gasteiger partial charge in [0.25, 0.3) is 0 Å². The molecule has 0 spiro atoms. The lowest BCUT2D eigenvalue weighted by Gasteiger charge is -2.21. The lowest BCUT2D eigenvalue weighted by atomic mass is 10.0. The molecule has 8 N–H and O–H groups in total. The highest BCUT2D eigenvalue weighted by Crippen LogP contribution is 2.43. The summed E-state index contributed by atoms with van der Waals surface area (Å²) < 4.78 is 16.5. The molecule has 1 rings (SSSR count). The lowest BCUT2D eigenvalue weighted by Crippen LogP contribution is -2.38. The molecule has 21 heavy (non-hydrogen) atoms. The molecule has 9 nitrogen and oxygen atoms in total. The van der Waals surface area contributed by atoms with Crippen molar-refractivity contribution in [1.29, 1.82) is 0 Å². The third-order valence-corrected chi connectivity index (χ3v) is 4.88. The zero-order valence-electron chi connectivity index (χ0n) is 11.7. The van der Waals surface area contributed by atoms with Crippen LogP contribution in [-0.4, -0.2) is 81.6 Å². The largest absolute Gasteiger partial charge is 0.395 e. The molecule has 0 aromatic rings. The van der Waals surface area contributed by atoms with Crippen molar-refractivity contribution in [2.45, 2.75) is 43.2 Å². The van der Waals surface area contributed by atoms with Crippen molar-refractivity contribution >= 4 is 7.60 Å². The zero-order chi connectivity index (χ0) is 16.0. The summed E-state index contributed by atoms with van der Waals surface area (Å²) in [5.41, 5.74) is 5.24. The van der Waals surface area contributed by atoms with Crippen molar-refractivity contribution in [3.05, 3.63) is 0 Å². The lowest BCUT2D eigenvalue weighted by molar-refractivity contribution is 0.0139. The van der Waals surface area contributed by atoms with Crippen molar-refractivity contribution in [2.24, 2.45) is 5.73 Å². The fourth-order valence-corrected chi connectivity index (χ4v) is 3.50. The van der Waals surface area contributed by atoms with Crippen LogP contribution in [0.25, 0.3) is 0 Å². The summed E-state index contributed by atoms with van der Waals surface area (Å²) in [7, 11) is -3.92. The minimum absolute atomic E-state index is 0.0343. The van der Waals surface area contributed by atoms with E-state index in [0.717, 1.165) is 0 Å². The molecule has 0 aliphatic carbocycles. The highest BCUT2D eigenvalue weighted by atomic mass is 31.2. The summed E-state index contributed by atoms with van der Waals surface area (Å²) >= 11 is 0. The second-order valence-electron chi connectivity index (χ2n) is 5.23. The first-order chi connectivity index (χ1) is 9.80. The molecular weight excluding hydrogens is 303 g/mol. The molecule has 1 aliphatic rings. The van der Waals surface area contributed by atoms with E-state index in [-0.39, 0.29) is 19.6 Å². The number of aliphatic hydroxyl groups excluding tert-OH is 4. The van der Waals surface area contributed by atoms with Gasteiger partial charge in [-0.2, -0.15) is 0 Å². The van der Waals surface area contributed by atoms with Crippen LogP contribution in [0.5, 0.6) is 0 Å². The first-order valence-electron chi connectivity index (χ1n) is 6.88. The molecule has 1 heterocycles. The van der Waals surface area contributed by atoms with Gasteiger partial charge in [0.05, 0.1) is 43.7 Å². The van der Waals surface area contributed by atoms with Gasteiger partial charge >= 0.3 is 7.60 Å². The second kappa shape index (κ2) is 8.52. The molecule has 1 fully saturated rings. The van der Waals surface area contributed by atoms with Gasteiger partial charge in [-0.3, -0.25) is 4.57 Å². The van der Waals surface area contributed by atoms with Crippen LogP contribution in [0, 0.1) is 0 Å². The van der Waals surface area contributed by atoms with Gasteiger partial charge in [0.2, 0.25) is 0 Å². The Morgan fingerprint density at radius 3 is 2.43 bits per heavy atom. The van der Waals surface area contributed by atoms with E-state index in [0.29, 0.717) is 13.0 Å². The van der Waals surface area contributed by atoms with E-state index in [1.54, 1.807) is 0 Å². The number of hydrogen-bond acceptors (Lipinski definition) is 8. The number of hydrogen-bond donors (Lipinski definition) is 7. The first kappa shape index (κ1) is 19.0. The maximum absolute atomic E-state index is 11.7. The van der Waals surface area contributed by atoms with E-state index in [1.165, 1.54) is 0 Å². The molecular formula is C11H25N2O7P. The number of rotatable bonds is 9. The Kier molecular flexibility index (Phi) is 7.69. The Morgan fingerprint density at radius 2 is 1.90 bits per heavy atom. The Morgan fingerprint density at radius 1 is 1.29 bits per heavy atom. The van der Waals surface area contributed by atoms with Crippen molar-refractivity contribution < 1.29 is 34.4 Å². The second-order valence-corrected chi connectivity index (χ2v) is 7.13. The van der Waals surface area contributed by atoms with Crippen LogP contribution in [0.2, 0.25) is 0 Å². The van der Waals surface area contributed by atoms with Gasteiger partial charge in [-0.05, 0) is 19.4 Å². The average molecular weight is 328 g/mol. The Bertz CT molecular complexity index is 359. The van der Waals surface area contributed by atoms with Crippen LogP contribution < -0.4 is 11.1 Å². The average Bonchev–Trinajstić information content (AvgIpc) is 2.66. The van der Waals surface area contributed by atoms with Crippen molar-refractivity contribution in [3.8, 4) is 0 Å². The minimum Gasteiger partial charge on any atom is -0.395 e. The van der Waals surface area contributed by atoms with Gasteiger partial charge in [0.1, 0.15) is 0 Å². The first-order valence-corrected chi connectivity index (χ1v) is 8.64. The van der Waals surface area contributed by atoms with Crippen LogP contribution in [0.4, 0.5) is 0 Å². The Labute approximate surface area is 123 Å². The molecule has 10 heteroatoms. The van der Waals surface area contributed by atoms with E-state index >= 15 is 0 Å². The van der Waals surface area contributed by atoms with E-state index < -0.39 is 44.2 Å². The third kappa shape index (κ3) is 5.90. The summed E-state index contributed by atoms with van der Waals surface area (Å²) in [6.45, 7) is 0.0132. The van der Waals surface area contributed by atoms with Gasteiger partial charge in [-0.15, -0.1) is 0 Å². The van der Waals surface area contributed by atoms with Gasteiger partial charge in [-0.25, -0.2) is 0 Å². The van der Waals surface area contributed by atoms with Crippen molar-refractivity contribution in [2.75, 3.05) is 25.9 Å². The summed E-state index contributed by atoms with van der Waals surface area (Å²) in [5, 5.41) is 41.0. The van der Waals surface area contributed by atoms with Crippen molar-refractivity contribution in [1.82, 2.24) is 5.32 Å². The Hall–Kier alpha value is -0.0900. The molecule has 0 aromatic carbocycles. The van der Waals surface area contributed by atoms with E-state index in [4.69, 9.17) is 15.4 Å². The molecule has 0 saturated carbocycles. The van der Waals surface area contributed by atoms with E-state index in [9.17, 15) is 24.8 Å². The normalized spacial score (nSPS) is 33.8. The Balaban J connectivity index is 2.43. The predicted molar refractivity (Wildman–Crippen MR) is 74.8 cm³/mol. The highest BCUT2D eigenvalue weighted by Gasteiger charge is 2.41. The molecule has 0 radical (unpaired) electrons. The maximum Gasteiger partial charge on any atom is 0.330 e. The monoisotopic (exact) mass is 328 g/mol. The fourth-order valence-electron chi connectivity index (χ4n) is 2.29. The van der Waals surface area contributed by atoms with Crippen LogP contribution >= 0.6 is 7.60 Å². The van der Waals surface area contributed by atoms with E-state index in [2.05, 4.69) is 5.32 Å². The number of nitrogens with two attached hydrogens (primary N) is 1. The van der Waals surface area contributed by atoms with Gasteiger partial charge in [-0.1, -0.05) is 0 Å². The van der Waals surface area contributed by atoms with Crippen LogP contribution in [0.15, 0.2) is 0 Å². The summed E-state index contributed by atoms with van der Waals surface area (Å²) in [5.74, 6) is 0. The van der Waals surface area contributed by atoms with Gasteiger partial charge < -0.3 is 40.9 Å². The highest BCUT2D eigenvalue weighted by molar-refractivity contribution is 7.52. The third-order valence-electron chi connectivity index (χ3n) is 3.41. The SMILES string of the molecule is NCCCOP(=O)(O)C[C@H](O)C[C@H]1N[C@H](CO)[C@@H](O)[C@@H]1O. The number of nitrogens with one attached hydrogen (secondary N) is 1. The zero-order valence-corrected chi connectivity index (χ0v) is 12.6. The fraction of sp³-hybridized carbons (Fsp3) is 1.00. The van der Waals surface area contributed by atoms with Crippen LogP contribution in [-0.2, 0) is 9.09 Å². The molecule has 0 amide bonds. The van der Waals surface area contributed by atoms with Gasteiger partial charge in [0.15, 0.2) is 0 Å². The standard InChI is InChI=1S/C11H25N2O7P/c12-2-1-3-20-21(18,19)6-7(15)4-8-10(16)11(17)9(5-14)13-8/h7-11,13-17H,1-6,12H2,(H,18,19)/t7-,8-,9-,10-,11-/m1/s1. The molecule has 1 saturated heterocycles. The van der Waals surface area contributed by atoms with Crippen LogP contribution in [0.3, 0.4) is 0 Å². The molecule has 0 bridgehead atoms. The van der Waals surface area contributed by atoms with Crippen molar-refractivity contribution in [3.63, 3.8) is 0 Å². The summed E-state index contributed by atoms with van der Waals surface area (Å²) in [6.07, 6.45) is -3.56. The minimum atomic E-state index is -3.92. The molecule has 126 valence electrons. The van der Waals surface area contributed by atoms with Gasteiger partial charge in [0, 0.05) is 6.04 Å². The molecule has 0 aromatic heterocycles. The maximum atomic E-state index is 11.7. The summed E-state index contributed by atoms with van der Waals surface area (Å²) in [6, 6.07) is -1.35. The summed E-state index contributed by atoms with van der Waals surface area (Å²) in [4.78, 5) is 9.56. The topological polar surface area (TPSA) is 166 Å². The molecule has 6 atom stereocenters. The van der Waals surface area contributed by atoms with Crippen LogP contribution in [0.1, 0.15) is 12.8 Å². The molecule has 1 aliphatic heterocycles. The molecule has 1 unspecified atom stereocenters.